The number of hydrogen-bond acceptors (Lipinski definition) is 8. The summed E-state index contributed by atoms with van der Waals surface area (Å²) in [5, 5.41) is 12.6. The molecule has 2 amide bonds. The van der Waals surface area contributed by atoms with Crippen LogP contribution in [0.2, 0.25) is 0 Å². The molecule has 4 atom stereocenters. The zero-order valence-corrected chi connectivity index (χ0v) is 24.2. The van der Waals surface area contributed by atoms with Crippen molar-refractivity contribution in [2.24, 2.45) is 5.92 Å². The number of fused-ring (bicyclic) bond motifs is 1. The molecule has 0 radical (unpaired) electrons. The first-order valence-electron chi connectivity index (χ1n) is 14.3. The van der Waals surface area contributed by atoms with Gasteiger partial charge in [0, 0.05) is 19.3 Å². The molecule has 0 bridgehead atoms. The van der Waals surface area contributed by atoms with Crippen molar-refractivity contribution in [3.05, 3.63) is 41.0 Å². The van der Waals surface area contributed by atoms with Gasteiger partial charge in [0.05, 0.1) is 35.9 Å². The monoisotopic (exact) mass is 628 g/mol. The number of H-pyrrole nitrogens is 1. The zero-order chi connectivity index (χ0) is 31.8. The van der Waals surface area contributed by atoms with E-state index in [0.29, 0.717) is 16.6 Å². The second kappa shape index (κ2) is 12.4. The van der Waals surface area contributed by atoms with Crippen molar-refractivity contribution in [3.63, 3.8) is 0 Å². The van der Waals surface area contributed by atoms with Crippen molar-refractivity contribution in [1.29, 1.82) is 0 Å². The highest BCUT2D eigenvalue weighted by Gasteiger charge is 2.46. The van der Waals surface area contributed by atoms with Gasteiger partial charge in [0.25, 0.3) is 5.91 Å². The molecule has 0 spiro atoms. The molecule has 2 aromatic heterocycles. The van der Waals surface area contributed by atoms with E-state index in [-0.39, 0.29) is 61.0 Å². The van der Waals surface area contributed by atoms with Gasteiger partial charge < -0.3 is 25.1 Å². The lowest BCUT2D eigenvalue weighted by Crippen LogP contribution is -2.41. The van der Waals surface area contributed by atoms with Crippen LogP contribution in [0.5, 0.6) is 0 Å². The van der Waals surface area contributed by atoms with Crippen molar-refractivity contribution in [3.8, 4) is 0 Å². The third-order valence-electron chi connectivity index (χ3n) is 7.73. The molecule has 0 unspecified atom stereocenters. The largest absolute Gasteiger partial charge is 0.414 e. The Morgan fingerprint density at radius 2 is 1.89 bits per heavy atom. The molecular weight excluding hydrogens is 595 g/mol. The molecule has 3 N–H and O–H groups in total. The SMILES string of the molecule is Cc1nonc1C(=O)N[C@H](c1nc2ccc([C@@H](COC3CC3)NC(=O)CC3CC(F)(F)C3)cc2[nH]1)[C@@H](C)O[C@@H](C)C(F)(F)F. The van der Waals surface area contributed by atoms with Crippen LogP contribution in [-0.2, 0) is 14.3 Å². The maximum absolute atomic E-state index is 13.3. The second-order valence-electron chi connectivity index (χ2n) is 11.6. The van der Waals surface area contributed by atoms with Crippen LogP contribution in [0.1, 0.15) is 85.6 Å². The Kier molecular flexibility index (Phi) is 8.94. The number of aromatic amines is 1. The summed E-state index contributed by atoms with van der Waals surface area (Å²) in [6.45, 7) is 3.88. The molecule has 11 nitrogen and oxygen atoms in total. The molecule has 2 heterocycles. The minimum atomic E-state index is -4.64. The number of carbonyl (C=O) groups excluding carboxylic acids is 2. The highest BCUT2D eigenvalue weighted by Crippen LogP contribution is 2.44. The number of aryl methyl sites for hydroxylation is 1. The smallest absolute Gasteiger partial charge is 0.376 e. The van der Waals surface area contributed by atoms with Gasteiger partial charge in [0.1, 0.15) is 17.6 Å². The third-order valence-corrected chi connectivity index (χ3v) is 7.73. The Hall–Kier alpha value is -3.66. The van der Waals surface area contributed by atoms with Crippen molar-refractivity contribution >= 4 is 22.8 Å². The van der Waals surface area contributed by atoms with E-state index in [1.54, 1.807) is 18.2 Å². The van der Waals surface area contributed by atoms with Crippen LogP contribution in [-0.4, -0.2) is 69.1 Å². The van der Waals surface area contributed by atoms with Gasteiger partial charge in [-0.2, -0.15) is 13.2 Å². The van der Waals surface area contributed by atoms with Crippen LogP contribution in [0.3, 0.4) is 0 Å². The van der Waals surface area contributed by atoms with E-state index in [0.717, 1.165) is 19.8 Å². The van der Waals surface area contributed by atoms with Crippen LogP contribution in [0.4, 0.5) is 22.0 Å². The molecule has 2 aliphatic carbocycles. The van der Waals surface area contributed by atoms with Gasteiger partial charge in [-0.05, 0) is 62.4 Å². The number of ether oxygens (including phenoxy) is 2. The molecule has 0 aliphatic heterocycles. The zero-order valence-electron chi connectivity index (χ0n) is 24.2. The maximum atomic E-state index is 13.3. The molecule has 2 saturated carbocycles. The molecular formula is C28H33F5N6O5. The topological polar surface area (TPSA) is 144 Å². The summed E-state index contributed by atoms with van der Waals surface area (Å²) in [4.78, 5) is 33.2. The predicted octanol–water partition coefficient (Wildman–Crippen LogP) is 4.85. The number of hydrogen-bond donors (Lipinski definition) is 3. The van der Waals surface area contributed by atoms with E-state index in [1.807, 2.05) is 0 Å². The standard InChI is InChI=1S/C28H33F5N6O5/c1-13-23(39-44-38-13)26(41)37-24(14(2)43-15(3)28(31,32)33)25-35-19-7-4-17(9-20(19)36-25)21(12-42-18-5-6-18)34-22(40)8-16-10-27(29,30)11-16/h4,7,9,14-16,18,21,24H,5-6,8,10-12H2,1-3H3,(H,34,40)(H,35,36)(H,37,41)/t14-,15+,21-,24+/m1/s1. The fraction of sp³-hybridized carbons (Fsp3) is 0.607. The summed E-state index contributed by atoms with van der Waals surface area (Å²) in [7, 11) is 0. The lowest BCUT2D eigenvalue weighted by molar-refractivity contribution is -0.227. The van der Waals surface area contributed by atoms with Crippen LogP contribution < -0.4 is 10.6 Å². The second-order valence-corrected chi connectivity index (χ2v) is 11.6. The highest BCUT2D eigenvalue weighted by atomic mass is 19.4. The number of amides is 2. The van der Waals surface area contributed by atoms with Gasteiger partial charge in [-0.3, -0.25) is 9.59 Å². The molecule has 2 aliphatic rings. The van der Waals surface area contributed by atoms with Crippen molar-refractivity contribution in [2.45, 2.75) is 95.4 Å². The normalized spacial score (nSPS) is 19.6. The van der Waals surface area contributed by atoms with Crippen molar-refractivity contribution in [1.82, 2.24) is 30.9 Å². The first kappa shape index (κ1) is 31.8. The quantitative estimate of drug-likeness (QED) is 0.228. The summed E-state index contributed by atoms with van der Waals surface area (Å²) in [6.07, 6.45) is -6.73. The molecule has 2 fully saturated rings. The molecule has 5 rings (SSSR count). The molecule has 1 aromatic carbocycles. The molecule has 44 heavy (non-hydrogen) atoms. The summed E-state index contributed by atoms with van der Waals surface area (Å²) in [6, 6.07) is 3.32. The Morgan fingerprint density at radius 1 is 1.16 bits per heavy atom. The first-order valence-corrected chi connectivity index (χ1v) is 14.3. The fourth-order valence-corrected chi connectivity index (χ4v) is 5.08. The number of imidazole rings is 1. The van der Waals surface area contributed by atoms with Crippen LogP contribution in [0.25, 0.3) is 11.0 Å². The van der Waals surface area contributed by atoms with Crippen molar-refractivity contribution in [2.75, 3.05) is 6.61 Å². The summed E-state index contributed by atoms with van der Waals surface area (Å²) >= 11 is 0. The predicted molar refractivity (Wildman–Crippen MR) is 144 cm³/mol. The summed E-state index contributed by atoms with van der Waals surface area (Å²) in [5.74, 6) is -4.12. The van der Waals surface area contributed by atoms with Gasteiger partial charge in [0.2, 0.25) is 11.8 Å². The molecule has 16 heteroatoms. The van der Waals surface area contributed by atoms with Gasteiger partial charge in [-0.15, -0.1) is 0 Å². The van der Waals surface area contributed by atoms with Crippen LogP contribution in [0.15, 0.2) is 22.8 Å². The lowest BCUT2D eigenvalue weighted by atomic mass is 9.79. The Bertz CT molecular complexity index is 1480. The van der Waals surface area contributed by atoms with Gasteiger partial charge >= 0.3 is 6.18 Å². The minimum absolute atomic E-state index is 0.0257. The average Bonchev–Trinajstić information content (AvgIpc) is 3.49. The minimum Gasteiger partial charge on any atom is -0.376 e. The van der Waals surface area contributed by atoms with Gasteiger partial charge in [-0.1, -0.05) is 11.2 Å². The highest BCUT2D eigenvalue weighted by molar-refractivity contribution is 5.93. The number of nitrogens with zero attached hydrogens (tertiary/aromatic N) is 3. The lowest BCUT2D eigenvalue weighted by Gasteiger charge is -2.34. The van der Waals surface area contributed by atoms with E-state index >= 15 is 0 Å². The fourth-order valence-electron chi connectivity index (χ4n) is 5.08. The van der Waals surface area contributed by atoms with Gasteiger partial charge in [-0.25, -0.2) is 18.4 Å². The first-order chi connectivity index (χ1) is 20.7. The molecule has 3 aromatic rings. The van der Waals surface area contributed by atoms with Crippen LogP contribution in [0, 0.1) is 12.8 Å². The third kappa shape index (κ3) is 7.70. The Morgan fingerprint density at radius 3 is 2.50 bits per heavy atom. The average molecular weight is 629 g/mol. The number of rotatable bonds is 13. The summed E-state index contributed by atoms with van der Waals surface area (Å²) < 4.78 is 82.1. The van der Waals surface area contributed by atoms with E-state index in [1.165, 1.54) is 13.8 Å². The summed E-state index contributed by atoms with van der Waals surface area (Å²) in [5.41, 5.74) is 1.57. The Labute approximate surface area is 248 Å². The van der Waals surface area contributed by atoms with E-state index in [9.17, 15) is 31.5 Å². The number of nitrogens with one attached hydrogen (secondary N) is 3. The molecule has 0 saturated heterocycles. The van der Waals surface area contributed by atoms with E-state index in [2.05, 4.69) is 35.5 Å². The van der Waals surface area contributed by atoms with E-state index < -0.39 is 42.3 Å². The number of aromatic nitrogens is 4. The number of benzene rings is 1. The number of alkyl halides is 5. The number of halogens is 5. The van der Waals surface area contributed by atoms with Crippen LogP contribution >= 0.6 is 0 Å². The van der Waals surface area contributed by atoms with Gasteiger partial charge in [0.15, 0.2) is 11.8 Å². The van der Waals surface area contributed by atoms with Crippen molar-refractivity contribution < 1.29 is 45.6 Å². The maximum Gasteiger partial charge on any atom is 0.414 e. The van der Waals surface area contributed by atoms with E-state index in [4.69, 9.17) is 9.47 Å². The number of carbonyl (C=O) groups is 2. The Balaban J connectivity index is 1.38. The molecule has 240 valence electrons.